The van der Waals surface area contributed by atoms with Crippen molar-refractivity contribution in [3.05, 3.63) is 41.2 Å². The van der Waals surface area contributed by atoms with Crippen LogP contribution in [0.4, 0.5) is 0 Å². The molecule has 0 aliphatic heterocycles. The molecule has 1 aromatic heterocycles. The second kappa shape index (κ2) is 10.5. The van der Waals surface area contributed by atoms with Crippen molar-refractivity contribution in [2.24, 2.45) is 5.10 Å². The van der Waals surface area contributed by atoms with Crippen molar-refractivity contribution in [2.45, 2.75) is 32.9 Å². The molecule has 0 fully saturated rings. The number of aromatic nitrogens is 2. The summed E-state index contributed by atoms with van der Waals surface area (Å²) in [5.41, 5.74) is 5.06. The van der Waals surface area contributed by atoms with Crippen LogP contribution in [0.2, 0.25) is 0 Å². The van der Waals surface area contributed by atoms with Crippen LogP contribution in [0, 0.1) is 13.8 Å². The molecule has 0 saturated heterocycles. The monoisotopic (exact) mass is 388 g/mol. The number of aryl methyl sites for hydroxylation is 2. The summed E-state index contributed by atoms with van der Waals surface area (Å²) in [6.45, 7) is 8.73. The van der Waals surface area contributed by atoms with E-state index in [-0.39, 0.29) is 11.7 Å². The largest absolute Gasteiger partial charge is 0.490 e. The minimum Gasteiger partial charge on any atom is -0.490 e. The van der Waals surface area contributed by atoms with Crippen molar-refractivity contribution in [1.82, 2.24) is 15.4 Å². The van der Waals surface area contributed by atoms with Gasteiger partial charge in [-0.25, -0.2) is 15.4 Å². The second-order valence-electron chi connectivity index (χ2n) is 5.59. The van der Waals surface area contributed by atoms with Crippen LogP contribution in [-0.4, -0.2) is 41.1 Å². The van der Waals surface area contributed by atoms with E-state index in [1.165, 1.54) is 11.8 Å². The van der Waals surface area contributed by atoms with Gasteiger partial charge in [0.15, 0.2) is 16.7 Å². The van der Waals surface area contributed by atoms with E-state index in [0.29, 0.717) is 29.9 Å². The highest BCUT2D eigenvalue weighted by Gasteiger charge is 2.07. The predicted molar refractivity (Wildman–Crippen MR) is 107 cm³/mol. The van der Waals surface area contributed by atoms with E-state index in [9.17, 15) is 4.79 Å². The molecule has 1 aromatic carbocycles. The molecule has 8 heteroatoms. The summed E-state index contributed by atoms with van der Waals surface area (Å²) >= 11 is 1.27. The van der Waals surface area contributed by atoms with E-state index < -0.39 is 0 Å². The van der Waals surface area contributed by atoms with E-state index in [4.69, 9.17) is 9.47 Å². The van der Waals surface area contributed by atoms with Gasteiger partial charge in [0.1, 0.15) is 0 Å². The molecule has 1 amide bonds. The van der Waals surface area contributed by atoms with Crippen molar-refractivity contribution in [3.8, 4) is 11.5 Å². The number of amides is 1. The van der Waals surface area contributed by atoms with Crippen LogP contribution in [0.1, 0.15) is 30.8 Å². The van der Waals surface area contributed by atoms with Crippen molar-refractivity contribution in [2.75, 3.05) is 19.0 Å². The Bertz CT molecular complexity index is 791. The maximum atomic E-state index is 11.9. The Hall–Kier alpha value is -2.61. The van der Waals surface area contributed by atoms with Crippen LogP contribution in [0.15, 0.2) is 34.5 Å². The standard InChI is InChI=1S/C19H24N4O3S/c1-5-25-16-8-7-15(10-17(16)26-6-2)11-20-23-18(24)12-27-19-21-13(3)9-14(4)22-19/h7-11H,5-6,12H2,1-4H3,(H,23,24)/b20-11-. The van der Waals surface area contributed by atoms with Gasteiger partial charge in [-0.1, -0.05) is 11.8 Å². The third-order valence-electron chi connectivity index (χ3n) is 3.26. The quantitative estimate of drug-likeness (QED) is 0.307. The van der Waals surface area contributed by atoms with Crippen LogP contribution in [-0.2, 0) is 4.79 Å². The number of nitrogens with zero attached hydrogens (tertiary/aromatic N) is 3. The fourth-order valence-corrected chi connectivity index (χ4v) is 2.99. The lowest BCUT2D eigenvalue weighted by atomic mass is 10.2. The Labute approximate surface area is 163 Å². The van der Waals surface area contributed by atoms with Gasteiger partial charge in [0.25, 0.3) is 5.91 Å². The molecule has 1 N–H and O–H groups in total. The lowest BCUT2D eigenvalue weighted by Crippen LogP contribution is -2.19. The number of ether oxygens (including phenoxy) is 2. The zero-order valence-corrected chi connectivity index (χ0v) is 16.8. The Morgan fingerprint density at radius 1 is 1.11 bits per heavy atom. The van der Waals surface area contributed by atoms with E-state index >= 15 is 0 Å². The summed E-state index contributed by atoms with van der Waals surface area (Å²) in [5, 5.41) is 4.57. The first kappa shape index (κ1) is 20.7. The van der Waals surface area contributed by atoms with Gasteiger partial charge < -0.3 is 9.47 Å². The van der Waals surface area contributed by atoms with Crippen LogP contribution in [0.25, 0.3) is 0 Å². The zero-order chi connectivity index (χ0) is 19.6. The van der Waals surface area contributed by atoms with E-state index in [0.717, 1.165) is 17.0 Å². The van der Waals surface area contributed by atoms with Gasteiger partial charge in [-0.2, -0.15) is 5.10 Å². The molecule has 0 spiro atoms. The molecule has 0 aliphatic rings. The Morgan fingerprint density at radius 2 is 1.78 bits per heavy atom. The van der Waals surface area contributed by atoms with Crippen LogP contribution in [0.3, 0.4) is 0 Å². The molecule has 0 unspecified atom stereocenters. The lowest BCUT2D eigenvalue weighted by Gasteiger charge is -2.11. The van der Waals surface area contributed by atoms with Crippen molar-refractivity contribution in [3.63, 3.8) is 0 Å². The number of carbonyl (C=O) groups is 1. The number of nitrogens with one attached hydrogen (secondary N) is 1. The van der Waals surface area contributed by atoms with Crippen LogP contribution < -0.4 is 14.9 Å². The summed E-state index contributed by atoms with van der Waals surface area (Å²) in [7, 11) is 0. The summed E-state index contributed by atoms with van der Waals surface area (Å²) in [6.07, 6.45) is 1.56. The van der Waals surface area contributed by atoms with Crippen molar-refractivity contribution >= 4 is 23.9 Å². The summed E-state index contributed by atoms with van der Waals surface area (Å²) in [6, 6.07) is 7.39. The Balaban J connectivity index is 1.90. The third-order valence-corrected chi connectivity index (χ3v) is 4.11. The number of carbonyl (C=O) groups excluding carboxylic acids is 1. The van der Waals surface area contributed by atoms with Crippen molar-refractivity contribution in [1.29, 1.82) is 0 Å². The molecule has 27 heavy (non-hydrogen) atoms. The summed E-state index contributed by atoms with van der Waals surface area (Å²) in [5.74, 6) is 1.30. The highest BCUT2D eigenvalue weighted by molar-refractivity contribution is 7.99. The molecular weight excluding hydrogens is 364 g/mol. The highest BCUT2D eigenvalue weighted by atomic mass is 32.2. The number of hydrogen-bond donors (Lipinski definition) is 1. The summed E-state index contributed by atoms with van der Waals surface area (Å²) in [4.78, 5) is 20.5. The molecule has 0 saturated carbocycles. The normalized spacial score (nSPS) is 10.8. The van der Waals surface area contributed by atoms with Gasteiger partial charge in [-0.3, -0.25) is 4.79 Å². The topological polar surface area (TPSA) is 85.7 Å². The molecular formula is C19H24N4O3S. The Morgan fingerprint density at radius 3 is 2.44 bits per heavy atom. The fraction of sp³-hybridized carbons (Fsp3) is 0.368. The number of benzene rings is 1. The number of hydrogen-bond acceptors (Lipinski definition) is 7. The number of hydrazone groups is 1. The molecule has 0 bridgehead atoms. The molecule has 1 heterocycles. The second-order valence-corrected chi connectivity index (χ2v) is 6.53. The molecule has 0 radical (unpaired) electrons. The maximum absolute atomic E-state index is 11.9. The first-order valence-corrected chi connectivity index (χ1v) is 9.67. The average molecular weight is 388 g/mol. The minimum absolute atomic E-state index is 0.188. The van der Waals surface area contributed by atoms with Gasteiger partial charge >= 0.3 is 0 Å². The molecule has 7 nitrogen and oxygen atoms in total. The number of thioether (sulfide) groups is 1. The Kier molecular flexibility index (Phi) is 8.06. The average Bonchev–Trinajstić information content (AvgIpc) is 2.62. The maximum Gasteiger partial charge on any atom is 0.250 e. The fourth-order valence-electron chi connectivity index (χ4n) is 2.25. The van der Waals surface area contributed by atoms with Crippen LogP contribution in [0.5, 0.6) is 11.5 Å². The summed E-state index contributed by atoms with van der Waals surface area (Å²) < 4.78 is 11.1. The van der Waals surface area contributed by atoms with E-state index in [1.54, 1.807) is 6.21 Å². The first-order chi connectivity index (χ1) is 13.0. The van der Waals surface area contributed by atoms with Gasteiger partial charge in [0.2, 0.25) is 0 Å². The molecule has 144 valence electrons. The third kappa shape index (κ3) is 6.90. The van der Waals surface area contributed by atoms with Crippen molar-refractivity contribution < 1.29 is 14.3 Å². The van der Waals surface area contributed by atoms with E-state index in [2.05, 4.69) is 20.5 Å². The highest BCUT2D eigenvalue weighted by Crippen LogP contribution is 2.27. The zero-order valence-electron chi connectivity index (χ0n) is 16.0. The van der Waals surface area contributed by atoms with Gasteiger partial charge in [-0.05, 0) is 57.5 Å². The molecule has 0 aliphatic carbocycles. The van der Waals surface area contributed by atoms with Gasteiger partial charge in [0.05, 0.1) is 25.2 Å². The predicted octanol–water partition coefficient (Wildman–Crippen LogP) is 3.13. The number of rotatable bonds is 9. The minimum atomic E-state index is -0.227. The first-order valence-electron chi connectivity index (χ1n) is 8.68. The van der Waals surface area contributed by atoms with Crippen LogP contribution >= 0.6 is 11.8 Å². The van der Waals surface area contributed by atoms with Gasteiger partial charge in [0, 0.05) is 11.4 Å². The van der Waals surface area contributed by atoms with Gasteiger partial charge in [-0.15, -0.1) is 0 Å². The SMILES string of the molecule is CCOc1ccc(/C=N\NC(=O)CSc2nc(C)cc(C)n2)cc1OCC. The molecule has 0 atom stereocenters. The lowest BCUT2D eigenvalue weighted by molar-refractivity contribution is -0.118. The van der Waals surface area contributed by atoms with E-state index in [1.807, 2.05) is 52.0 Å². The molecule has 2 rings (SSSR count). The smallest absolute Gasteiger partial charge is 0.250 e. The molecule has 2 aromatic rings.